The number of carbonyl (C=O) groups excluding carboxylic acids is 1. The average molecular weight is 176 g/mol. The molecule has 3 N–H and O–H groups in total. The second kappa shape index (κ2) is 3.76. The van der Waals surface area contributed by atoms with E-state index in [1.54, 1.807) is 25.3 Å². The zero-order valence-corrected chi connectivity index (χ0v) is 7.50. The normalized spacial score (nSPS) is 9.31. The van der Waals surface area contributed by atoms with E-state index < -0.39 is 0 Å². The molecular formula is C10H12N2O. The summed E-state index contributed by atoms with van der Waals surface area (Å²) in [5, 5.41) is 2.52. The van der Waals surface area contributed by atoms with E-state index in [0.29, 0.717) is 11.3 Å². The maximum atomic E-state index is 11.3. The predicted octanol–water partition coefficient (Wildman–Crippen LogP) is 1.27. The van der Waals surface area contributed by atoms with Gasteiger partial charge in [-0.05, 0) is 11.6 Å². The van der Waals surface area contributed by atoms with Gasteiger partial charge in [-0.2, -0.15) is 0 Å². The van der Waals surface area contributed by atoms with E-state index in [-0.39, 0.29) is 5.91 Å². The maximum absolute atomic E-state index is 11.3. The summed E-state index contributed by atoms with van der Waals surface area (Å²) in [7, 11) is 1.57. The molecule has 13 heavy (non-hydrogen) atoms. The maximum Gasteiger partial charge on any atom is 0.253 e. The monoisotopic (exact) mass is 176 g/mol. The van der Waals surface area contributed by atoms with Crippen LogP contribution in [0.15, 0.2) is 24.8 Å². The summed E-state index contributed by atoms with van der Waals surface area (Å²) >= 11 is 0. The lowest BCUT2D eigenvalue weighted by Crippen LogP contribution is -2.19. The van der Waals surface area contributed by atoms with E-state index in [2.05, 4.69) is 11.9 Å². The summed E-state index contributed by atoms with van der Waals surface area (Å²) in [4.78, 5) is 11.3. The molecule has 1 aromatic rings. The fraction of sp³-hybridized carbons (Fsp3) is 0.100. The molecule has 1 rings (SSSR count). The minimum atomic E-state index is -0.179. The van der Waals surface area contributed by atoms with Gasteiger partial charge in [-0.15, -0.1) is 0 Å². The highest BCUT2D eigenvalue weighted by molar-refractivity contribution is 6.00. The number of benzene rings is 1. The molecule has 0 fully saturated rings. The van der Waals surface area contributed by atoms with Gasteiger partial charge in [0.25, 0.3) is 5.91 Å². The highest BCUT2D eigenvalue weighted by Crippen LogP contribution is 2.17. The van der Waals surface area contributed by atoms with E-state index in [0.717, 1.165) is 5.56 Å². The Kier molecular flexibility index (Phi) is 2.69. The summed E-state index contributed by atoms with van der Waals surface area (Å²) in [6.45, 7) is 3.61. The van der Waals surface area contributed by atoms with Gasteiger partial charge in [0.05, 0.1) is 11.3 Å². The van der Waals surface area contributed by atoms with Crippen LogP contribution in [0.5, 0.6) is 0 Å². The molecule has 0 unspecified atom stereocenters. The number of carbonyl (C=O) groups is 1. The van der Waals surface area contributed by atoms with Crippen LogP contribution in [0.25, 0.3) is 6.08 Å². The van der Waals surface area contributed by atoms with Gasteiger partial charge in [-0.25, -0.2) is 0 Å². The van der Waals surface area contributed by atoms with Gasteiger partial charge in [0, 0.05) is 7.05 Å². The van der Waals surface area contributed by atoms with Crippen LogP contribution in [0.1, 0.15) is 15.9 Å². The van der Waals surface area contributed by atoms with Crippen LogP contribution >= 0.6 is 0 Å². The van der Waals surface area contributed by atoms with Gasteiger partial charge in [-0.1, -0.05) is 24.8 Å². The van der Waals surface area contributed by atoms with Gasteiger partial charge in [-0.3, -0.25) is 4.79 Å². The van der Waals surface area contributed by atoms with Crippen molar-refractivity contribution in [3.8, 4) is 0 Å². The topological polar surface area (TPSA) is 55.1 Å². The molecule has 0 saturated heterocycles. The van der Waals surface area contributed by atoms with E-state index in [1.807, 2.05) is 6.07 Å². The number of nitrogen functional groups attached to an aromatic ring is 1. The molecule has 1 amide bonds. The van der Waals surface area contributed by atoms with Gasteiger partial charge in [0.15, 0.2) is 0 Å². The first-order valence-electron chi connectivity index (χ1n) is 3.93. The van der Waals surface area contributed by atoms with Crippen molar-refractivity contribution in [3.63, 3.8) is 0 Å². The van der Waals surface area contributed by atoms with Crippen LogP contribution in [-0.4, -0.2) is 13.0 Å². The van der Waals surface area contributed by atoms with Crippen LogP contribution in [0.2, 0.25) is 0 Å². The lowest BCUT2D eigenvalue weighted by molar-refractivity contribution is 0.0964. The number of para-hydroxylation sites is 1. The first-order chi connectivity index (χ1) is 6.20. The quantitative estimate of drug-likeness (QED) is 0.667. The molecular weight excluding hydrogens is 164 g/mol. The van der Waals surface area contributed by atoms with Crippen LogP contribution in [0, 0.1) is 0 Å². The smallest absolute Gasteiger partial charge is 0.253 e. The Morgan fingerprint density at radius 2 is 2.31 bits per heavy atom. The Hall–Kier alpha value is -1.77. The molecule has 0 aliphatic heterocycles. The first kappa shape index (κ1) is 9.32. The summed E-state index contributed by atoms with van der Waals surface area (Å²) in [6, 6.07) is 5.27. The van der Waals surface area contributed by atoms with Crippen molar-refractivity contribution < 1.29 is 4.79 Å². The van der Waals surface area contributed by atoms with Crippen molar-refractivity contribution in [3.05, 3.63) is 35.9 Å². The number of anilines is 1. The van der Waals surface area contributed by atoms with E-state index >= 15 is 0 Å². The Balaban J connectivity index is 3.23. The van der Waals surface area contributed by atoms with Crippen molar-refractivity contribution in [2.45, 2.75) is 0 Å². The molecule has 0 saturated carbocycles. The molecule has 0 bridgehead atoms. The van der Waals surface area contributed by atoms with Crippen LogP contribution in [-0.2, 0) is 0 Å². The van der Waals surface area contributed by atoms with Crippen LogP contribution in [0.4, 0.5) is 5.69 Å². The van der Waals surface area contributed by atoms with Crippen molar-refractivity contribution in [1.82, 2.24) is 5.32 Å². The lowest BCUT2D eigenvalue weighted by atomic mass is 10.1. The van der Waals surface area contributed by atoms with Gasteiger partial charge in [0.1, 0.15) is 0 Å². The number of nitrogens with one attached hydrogen (secondary N) is 1. The molecule has 0 aliphatic rings. The summed E-state index contributed by atoms with van der Waals surface area (Å²) < 4.78 is 0. The molecule has 3 heteroatoms. The fourth-order valence-corrected chi connectivity index (χ4v) is 1.09. The molecule has 0 heterocycles. The number of nitrogens with two attached hydrogens (primary N) is 1. The summed E-state index contributed by atoms with van der Waals surface area (Å²) in [6.07, 6.45) is 1.63. The van der Waals surface area contributed by atoms with E-state index in [9.17, 15) is 4.79 Å². The first-order valence-corrected chi connectivity index (χ1v) is 3.93. The molecule has 3 nitrogen and oxygen atoms in total. The zero-order valence-electron chi connectivity index (χ0n) is 7.50. The molecule has 68 valence electrons. The van der Waals surface area contributed by atoms with E-state index in [1.165, 1.54) is 0 Å². The number of rotatable bonds is 2. The highest BCUT2D eigenvalue weighted by Gasteiger charge is 2.08. The number of amides is 1. The van der Waals surface area contributed by atoms with Gasteiger partial charge >= 0.3 is 0 Å². The summed E-state index contributed by atoms with van der Waals surface area (Å²) in [5.41, 5.74) is 7.47. The Morgan fingerprint density at radius 1 is 1.62 bits per heavy atom. The largest absolute Gasteiger partial charge is 0.398 e. The molecule has 0 spiro atoms. The second-order valence-corrected chi connectivity index (χ2v) is 2.59. The molecule has 1 aromatic carbocycles. The Bertz CT molecular complexity index is 345. The standard InChI is InChI=1S/C10H12N2O/c1-3-7-5-4-6-8(9(7)11)10(13)12-2/h3-6H,1,11H2,2H3,(H,12,13). The lowest BCUT2D eigenvalue weighted by Gasteiger charge is -2.06. The molecule has 0 radical (unpaired) electrons. The minimum Gasteiger partial charge on any atom is -0.398 e. The number of hydrogen-bond acceptors (Lipinski definition) is 2. The Morgan fingerprint density at radius 3 is 2.85 bits per heavy atom. The second-order valence-electron chi connectivity index (χ2n) is 2.59. The average Bonchev–Trinajstić information content (AvgIpc) is 2.17. The van der Waals surface area contributed by atoms with E-state index in [4.69, 9.17) is 5.73 Å². The molecule has 0 aliphatic carbocycles. The predicted molar refractivity (Wildman–Crippen MR) is 54.3 cm³/mol. The third-order valence-corrected chi connectivity index (χ3v) is 1.83. The highest BCUT2D eigenvalue weighted by atomic mass is 16.1. The van der Waals surface area contributed by atoms with Crippen LogP contribution in [0.3, 0.4) is 0 Å². The van der Waals surface area contributed by atoms with Gasteiger partial charge < -0.3 is 11.1 Å². The van der Waals surface area contributed by atoms with Crippen molar-refractivity contribution in [2.75, 3.05) is 12.8 Å². The third kappa shape index (κ3) is 1.69. The van der Waals surface area contributed by atoms with Crippen molar-refractivity contribution >= 4 is 17.7 Å². The molecule has 0 atom stereocenters. The molecule has 0 aromatic heterocycles. The van der Waals surface area contributed by atoms with Gasteiger partial charge in [0.2, 0.25) is 0 Å². The zero-order chi connectivity index (χ0) is 9.84. The van der Waals surface area contributed by atoms with Crippen molar-refractivity contribution in [1.29, 1.82) is 0 Å². The third-order valence-electron chi connectivity index (χ3n) is 1.83. The summed E-state index contributed by atoms with van der Waals surface area (Å²) in [5.74, 6) is -0.179. The number of hydrogen-bond donors (Lipinski definition) is 2. The SMILES string of the molecule is C=Cc1cccc(C(=O)NC)c1N. The fourth-order valence-electron chi connectivity index (χ4n) is 1.09. The van der Waals surface area contributed by atoms with Crippen LogP contribution < -0.4 is 11.1 Å². The van der Waals surface area contributed by atoms with Crippen molar-refractivity contribution in [2.24, 2.45) is 0 Å². The minimum absolute atomic E-state index is 0.179. The Labute approximate surface area is 77.3 Å².